The number of hydrogen-bond donors (Lipinski definition) is 2. The number of anilines is 4. The zero-order valence-electron chi connectivity index (χ0n) is 27.0. The normalized spacial score (nSPS) is 11.6. The van der Waals surface area contributed by atoms with Crippen molar-refractivity contribution in [1.82, 2.24) is 24.4 Å². The Morgan fingerprint density at radius 2 is 1.83 bits per heavy atom. The lowest BCUT2D eigenvalue weighted by Gasteiger charge is -2.25. The van der Waals surface area contributed by atoms with Crippen molar-refractivity contribution in [2.75, 3.05) is 56.4 Å². The Labute approximate surface area is 270 Å². The molecular weight excluding hydrogens is 617 g/mol. The Bertz CT molecular complexity index is 1770. The number of nitrogens with zero attached hydrogens (tertiary/aromatic N) is 6. The second-order valence-electron chi connectivity index (χ2n) is 11.2. The minimum Gasteiger partial charge on any atom is -0.466 e. The molecule has 0 aliphatic rings. The molecule has 0 radical (unpaired) electrons. The number of carbonyl (C=O) groups is 2. The molecule has 4 aromatic rings. The van der Waals surface area contributed by atoms with Crippen LogP contribution in [0.4, 0.5) is 36.3 Å². The first-order chi connectivity index (χ1) is 22.2. The molecule has 0 saturated heterocycles. The number of para-hydroxylation sites is 1. The number of fused-ring (bicyclic) bond motifs is 1. The minimum absolute atomic E-state index is 0.0697. The average molecular weight is 655 g/mol. The summed E-state index contributed by atoms with van der Waals surface area (Å²) in [5, 5.41) is 6.35. The van der Waals surface area contributed by atoms with Gasteiger partial charge < -0.3 is 34.5 Å². The summed E-state index contributed by atoms with van der Waals surface area (Å²) in [4.78, 5) is 42.4. The van der Waals surface area contributed by atoms with Crippen molar-refractivity contribution < 1.29 is 32.2 Å². The number of ether oxygens (including phenoxy) is 2. The van der Waals surface area contributed by atoms with E-state index in [4.69, 9.17) is 9.47 Å². The van der Waals surface area contributed by atoms with Crippen LogP contribution in [-0.4, -0.2) is 89.4 Å². The van der Waals surface area contributed by atoms with Gasteiger partial charge in [-0.1, -0.05) is 24.8 Å². The topological polar surface area (TPSA) is 127 Å². The Kier molecular flexibility index (Phi) is 10.7. The first kappa shape index (κ1) is 34.7. The first-order valence-corrected chi connectivity index (χ1v) is 14.6. The van der Waals surface area contributed by atoms with Gasteiger partial charge in [0, 0.05) is 56.0 Å². The number of carbonyl (C=O) groups excluding carboxylic acids is 2. The maximum Gasteiger partial charge on any atom is 0.422 e. The number of esters is 1. The van der Waals surface area contributed by atoms with Crippen LogP contribution in [0, 0.1) is 0 Å². The maximum absolute atomic E-state index is 13.3. The van der Waals surface area contributed by atoms with Gasteiger partial charge in [-0.05, 0) is 46.2 Å². The van der Waals surface area contributed by atoms with Gasteiger partial charge in [0.25, 0.3) is 0 Å². The second-order valence-corrected chi connectivity index (χ2v) is 11.2. The lowest BCUT2D eigenvalue weighted by Crippen LogP contribution is -2.30. The van der Waals surface area contributed by atoms with Crippen LogP contribution < -0.4 is 20.3 Å². The molecule has 0 fully saturated rings. The van der Waals surface area contributed by atoms with E-state index < -0.39 is 36.6 Å². The van der Waals surface area contributed by atoms with E-state index in [1.165, 1.54) is 12.3 Å². The third-order valence-electron chi connectivity index (χ3n) is 6.78. The number of hydrogen-bond acceptors (Lipinski definition) is 10. The highest BCUT2D eigenvalue weighted by Crippen LogP contribution is 2.37. The van der Waals surface area contributed by atoms with E-state index in [0.717, 1.165) is 17.0 Å². The quantitative estimate of drug-likeness (QED) is 0.143. The summed E-state index contributed by atoms with van der Waals surface area (Å²) in [6.45, 7) is 6.29. The highest BCUT2D eigenvalue weighted by Gasteiger charge is 2.30. The van der Waals surface area contributed by atoms with Crippen LogP contribution in [0.1, 0.15) is 24.2 Å². The molecule has 0 aliphatic heterocycles. The zero-order chi connectivity index (χ0) is 34.5. The summed E-state index contributed by atoms with van der Waals surface area (Å²) in [7, 11) is 7.27. The number of likely N-dealkylation sites (N-methyl/N-ethyl adjacent to an activating group) is 2. The molecule has 1 aromatic carbocycles. The Balaban J connectivity index is 1.87. The number of alkyl halides is 3. The van der Waals surface area contributed by atoms with Gasteiger partial charge in [-0.3, -0.25) is 4.79 Å². The summed E-state index contributed by atoms with van der Waals surface area (Å²) in [6.07, 6.45) is -0.936. The van der Waals surface area contributed by atoms with Gasteiger partial charge in [-0.15, -0.1) is 0 Å². The lowest BCUT2D eigenvalue weighted by molar-refractivity contribution is -0.153. The number of rotatable bonds is 13. The SMILES string of the molecule is C=CC(=O)Nc1cc(Nc2ncc(C(=O)OC(C)C)c(-c3cn(C)c4ccccc34)n2)c(OCC(F)(F)F)nc1N(C)CCN(C)C. The van der Waals surface area contributed by atoms with Gasteiger partial charge in [0.05, 0.1) is 17.5 Å². The van der Waals surface area contributed by atoms with Gasteiger partial charge in [0.1, 0.15) is 11.3 Å². The van der Waals surface area contributed by atoms with Crippen molar-refractivity contribution in [3.63, 3.8) is 0 Å². The Morgan fingerprint density at radius 1 is 1.11 bits per heavy atom. The molecule has 4 rings (SSSR count). The van der Waals surface area contributed by atoms with Crippen molar-refractivity contribution in [3.05, 3.63) is 60.9 Å². The molecule has 47 heavy (non-hydrogen) atoms. The van der Waals surface area contributed by atoms with Gasteiger partial charge in [-0.25, -0.2) is 14.8 Å². The van der Waals surface area contributed by atoms with E-state index in [1.807, 2.05) is 61.1 Å². The van der Waals surface area contributed by atoms with Crippen LogP contribution in [0.3, 0.4) is 0 Å². The smallest absolute Gasteiger partial charge is 0.422 e. The summed E-state index contributed by atoms with van der Waals surface area (Å²) in [6, 6.07) is 8.91. The van der Waals surface area contributed by atoms with E-state index in [2.05, 4.69) is 32.2 Å². The molecule has 0 atom stereocenters. The third-order valence-corrected chi connectivity index (χ3v) is 6.78. The van der Waals surface area contributed by atoms with Gasteiger partial charge in [0.2, 0.25) is 17.7 Å². The molecule has 0 unspecified atom stereocenters. The van der Waals surface area contributed by atoms with Crippen LogP contribution in [0.25, 0.3) is 22.2 Å². The van der Waals surface area contributed by atoms with E-state index in [-0.39, 0.29) is 34.4 Å². The van der Waals surface area contributed by atoms with Crippen LogP contribution in [0.5, 0.6) is 5.88 Å². The fraction of sp³-hybridized carbons (Fsp3) is 0.344. The predicted molar refractivity (Wildman–Crippen MR) is 174 cm³/mol. The molecule has 3 heterocycles. The Morgan fingerprint density at radius 3 is 2.49 bits per heavy atom. The molecule has 3 aromatic heterocycles. The van der Waals surface area contributed by atoms with Gasteiger partial charge in [0.15, 0.2) is 12.4 Å². The third kappa shape index (κ3) is 8.76. The maximum atomic E-state index is 13.3. The molecule has 12 nitrogen and oxygen atoms in total. The van der Waals surface area contributed by atoms with Crippen LogP contribution >= 0.6 is 0 Å². The van der Waals surface area contributed by atoms with Crippen molar-refractivity contribution in [1.29, 1.82) is 0 Å². The fourth-order valence-electron chi connectivity index (χ4n) is 4.58. The zero-order valence-corrected chi connectivity index (χ0v) is 27.0. The second kappa shape index (κ2) is 14.5. The van der Waals surface area contributed by atoms with Crippen LogP contribution in [0.15, 0.2) is 55.4 Å². The number of benzene rings is 1. The first-order valence-electron chi connectivity index (χ1n) is 14.6. The molecule has 250 valence electrons. The largest absolute Gasteiger partial charge is 0.466 e. The van der Waals surface area contributed by atoms with Crippen molar-refractivity contribution in [3.8, 4) is 17.1 Å². The van der Waals surface area contributed by atoms with Crippen molar-refractivity contribution in [2.24, 2.45) is 7.05 Å². The summed E-state index contributed by atoms with van der Waals surface area (Å²) in [5.41, 5.74) is 1.90. The van der Waals surface area contributed by atoms with Crippen molar-refractivity contribution >= 4 is 45.9 Å². The van der Waals surface area contributed by atoms with E-state index in [9.17, 15) is 22.8 Å². The van der Waals surface area contributed by atoms with E-state index in [1.54, 1.807) is 25.8 Å². The number of aryl methyl sites for hydroxylation is 1. The molecule has 0 bridgehead atoms. The minimum atomic E-state index is -4.66. The number of nitrogens with one attached hydrogen (secondary N) is 2. The van der Waals surface area contributed by atoms with Crippen LogP contribution in [0.2, 0.25) is 0 Å². The van der Waals surface area contributed by atoms with Crippen LogP contribution in [-0.2, 0) is 16.6 Å². The summed E-state index contributed by atoms with van der Waals surface area (Å²) >= 11 is 0. The average Bonchev–Trinajstić information content (AvgIpc) is 3.34. The number of halogens is 3. The summed E-state index contributed by atoms with van der Waals surface area (Å²) in [5.74, 6) is -1.54. The number of aromatic nitrogens is 4. The van der Waals surface area contributed by atoms with Gasteiger partial charge in [-0.2, -0.15) is 18.2 Å². The standard InChI is InChI=1S/C32H37F3N8O4/c1-8-26(44)37-23-15-24(29(46-18-32(33,34)35)40-28(23)42(6)14-13-41(4)5)38-31-36-16-21(30(45)47-19(2)3)27(39-31)22-17-43(7)25-12-10-9-11-20(22)25/h8-12,15-17,19H,1,13-14,18H2,2-7H3,(H,37,44)(H,36,38,39). The fourth-order valence-corrected chi connectivity index (χ4v) is 4.58. The molecule has 15 heteroatoms. The summed E-state index contributed by atoms with van der Waals surface area (Å²) < 4.78 is 52.4. The van der Waals surface area contributed by atoms with E-state index >= 15 is 0 Å². The number of amides is 1. The Hall–Kier alpha value is -5.18. The molecule has 0 saturated carbocycles. The van der Waals surface area contributed by atoms with Crippen molar-refractivity contribution in [2.45, 2.75) is 26.1 Å². The molecule has 2 N–H and O–H groups in total. The molecule has 0 aliphatic carbocycles. The lowest BCUT2D eigenvalue weighted by atomic mass is 10.1. The van der Waals surface area contributed by atoms with E-state index in [0.29, 0.717) is 18.7 Å². The molecule has 1 amide bonds. The molecular formula is C32H37F3N8O4. The number of pyridine rings is 1. The predicted octanol–water partition coefficient (Wildman–Crippen LogP) is 5.40. The monoisotopic (exact) mass is 654 g/mol. The highest BCUT2D eigenvalue weighted by atomic mass is 19.4. The molecule has 0 spiro atoms. The van der Waals surface area contributed by atoms with Gasteiger partial charge >= 0.3 is 12.1 Å². The highest BCUT2D eigenvalue weighted by molar-refractivity contribution is 6.03.